The van der Waals surface area contributed by atoms with Crippen LogP contribution in [0.1, 0.15) is 27.4 Å². The Balaban J connectivity index is 1.80. The highest BCUT2D eigenvalue weighted by Gasteiger charge is 2.18. The zero-order valence-electron chi connectivity index (χ0n) is 14.0. The first-order chi connectivity index (χ1) is 12.9. The molecule has 138 valence electrons. The summed E-state index contributed by atoms with van der Waals surface area (Å²) in [4.78, 5) is 30.6. The molecule has 6 nitrogen and oxygen atoms in total. The maximum Gasteiger partial charge on any atom is 0.293 e. The minimum Gasteiger partial charge on any atom is -0.501 e. The number of H-pyrrole nitrogens is 1. The third-order valence-electron chi connectivity index (χ3n) is 3.83. The fourth-order valence-electron chi connectivity index (χ4n) is 2.47. The van der Waals surface area contributed by atoms with Crippen LogP contribution >= 0.6 is 0 Å². The standard InChI is InChI=1S/C19H15F2N3O3/c20-13-7-6-12(14(21)9-13)10-22-18(26)16-17(25)19(27)24-15(23-16)8-11-4-2-1-3-5-11/h1-7,9,25H,8,10H2,(H,22,26)(H,23,24,27). The molecule has 1 heterocycles. The van der Waals surface area contributed by atoms with Gasteiger partial charge in [-0.3, -0.25) is 9.59 Å². The number of benzene rings is 2. The fraction of sp³-hybridized carbons (Fsp3) is 0.105. The van der Waals surface area contributed by atoms with Crippen LogP contribution in [0.2, 0.25) is 0 Å². The number of rotatable bonds is 5. The lowest BCUT2D eigenvalue weighted by molar-refractivity contribution is 0.0941. The van der Waals surface area contributed by atoms with Gasteiger partial charge in [0.25, 0.3) is 11.5 Å². The molecular formula is C19H15F2N3O3. The first kappa shape index (κ1) is 18.2. The van der Waals surface area contributed by atoms with Crippen molar-refractivity contribution in [2.24, 2.45) is 0 Å². The number of nitrogens with one attached hydrogen (secondary N) is 2. The predicted molar refractivity (Wildman–Crippen MR) is 93.3 cm³/mol. The molecule has 2 aromatic carbocycles. The minimum absolute atomic E-state index is 0.0542. The topological polar surface area (TPSA) is 95.1 Å². The van der Waals surface area contributed by atoms with E-state index in [1.54, 1.807) is 0 Å². The highest BCUT2D eigenvalue weighted by atomic mass is 19.1. The largest absolute Gasteiger partial charge is 0.501 e. The van der Waals surface area contributed by atoms with E-state index in [2.05, 4.69) is 15.3 Å². The molecular weight excluding hydrogens is 356 g/mol. The molecule has 3 N–H and O–H groups in total. The first-order valence-electron chi connectivity index (χ1n) is 8.02. The smallest absolute Gasteiger partial charge is 0.293 e. The molecule has 8 heteroatoms. The van der Waals surface area contributed by atoms with Crippen molar-refractivity contribution >= 4 is 5.91 Å². The lowest BCUT2D eigenvalue weighted by Crippen LogP contribution is -2.27. The third-order valence-corrected chi connectivity index (χ3v) is 3.83. The van der Waals surface area contributed by atoms with Gasteiger partial charge >= 0.3 is 0 Å². The number of carbonyl (C=O) groups excluding carboxylic acids is 1. The van der Waals surface area contributed by atoms with E-state index < -0.39 is 34.5 Å². The Hall–Kier alpha value is -3.55. The molecule has 3 rings (SSSR count). The van der Waals surface area contributed by atoms with Gasteiger partial charge in [0.15, 0.2) is 5.69 Å². The van der Waals surface area contributed by atoms with Crippen molar-refractivity contribution in [2.75, 3.05) is 0 Å². The van der Waals surface area contributed by atoms with Crippen molar-refractivity contribution in [3.63, 3.8) is 0 Å². The van der Waals surface area contributed by atoms with E-state index in [9.17, 15) is 23.5 Å². The van der Waals surface area contributed by atoms with Gasteiger partial charge in [0, 0.05) is 24.6 Å². The van der Waals surface area contributed by atoms with Crippen molar-refractivity contribution in [1.29, 1.82) is 0 Å². The summed E-state index contributed by atoms with van der Waals surface area (Å²) < 4.78 is 26.6. The molecule has 0 fully saturated rings. The molecule has 27 heavy (non-hydrogen) atoms. The zero-order valence-corrected chi connectivity index (χ0v) is 14.0. The third kappa shape index (κ3) is 4.35. The number of nitrogens with zero attached hydrogens (tertiary/aromatic N) is 1. The van der Waals surface area contributed by atoms with Gasteiger partial charge in [-0.05, 0) is 11.6 Å². The molecule has 0 aliphatic heterocycles. The average Bonchev–Trinajstić information content (AvgIpc) is 2.64. The second-order valence-corrected chi connectivity index (χ2v) is 5.79. The van der Waals surface area contributed by atoms with Crippen LogP contribution in [0.5, 0.6) is 5.75 Å². The van der Waals surface area contributed by atoms with Gasteiger partial charge < -0.3 is 15.4 Å². The molecule has 0 saturated carbocycles. The summed E-state index contributed by atoms with van der Waals surface area (Å²) in [5.41, 5.74) is -0.411. The summed E-state index contributed by atoms with van der Waals surface area (Å²) in [6.07, 6.45) is 0.253. The monoisotopic (exact) mass is 371 g/mol. The summed E-state index contributed by atoms with van der Waals surface area (Å²) in [5, 5.41) is 12.2. The van der Waals surface area contributed by atoms with Crippen LogP contribution in [0, 0.1) is 11.6 Å². The average molecular weight is 371 g/mol. The molecule has 0 unspecified atom stereocenters. The van der Waals surface area contributed by atoms with Crippen molar-refractivity contribution in [3.05, 3.63) is 93.2 Å². The summed E-state index contributed by atoms with van der Waals surface area (Å²) in [6.45, 7) is -0.257. The lowest BCUT2D eigenvalue weighted by atomic mass is 10.1. The summed E-state index contributed by atoms with van der Waals surface area (Å²) in [7, 11) is 0. The number of hydrogen-bond acceptors (Lipinski definition) is 4. The molecule has 3 aromatic rings. The van der Waals surface area contributed by atoms with E-state index in [1.165, 1.54) is 6.07 Å². The zero-order chi connectivity index (χ0) is 19.4. The highest BCUT2D eigenvalue weighted by Crippen LogP contribution is 2.12. The number of halogens is 2. The van der Waals surface area contributed by atoms with Gasteiger partial charge in [0.1, 0.15) is 17.5 Å². The van der Waals surface area contributed by atoms with Crippen LogP contribution in [-0.4, -0.2) is 21.0 Å². The van der Waals surface area contributed by atoms with E-state index in [0.29, 0.717) is 6.07 Å². The second-order valence-electron chi connectivity index (χ2n) is 5.79. The van der Waals surface area contributed by atoms with E-state index >= 15 is 0 Å². The maximum atomic E-state index is 13.6. The van der Waals surface area contributed by atoms with Gasteiger partial charge in [-0.15, -0.1) is 0 Å². The molecule has 0 saturated heterocycles. The number of aromatic nitrogens is 2. The Morgan fingerprint density at radius 1 is 1.15 bits per heavy atom. The van der Waals surface area contributed by atoms with E-state index in [1.807, 2.05) is 30.3 Å². The summed E-state index contributed by atoms with van der Waals surface area (Å²) in [6, 6.07) is 12.1. The number of hydrogen-bond donors (Lipinski definition) is 3. The van der Waals surface area contributed by atoms with Crippen molar-refractivity contribution < 1.29 is 18.7 Å². The Morgan fingerprint density at radius 3 is 2.59 bits per heavy atom. The van der Waals surface area contributed by atoms with Gasteiger partial charge in [0.05, 0.1) is 0 Å². The number of aromatic hydroxyl groups is 1. The minimum atomic E-state index is -0.853. The number of carbonyl (C=O) groups is 1. The first-order valence-corrected chi connectivity index (χ1v) is 8.02. The Bertz CT molecular complexity index is 1040. The molecule has 0 aliphatic rings. The maximum absolute atomic E-state index is 13.6. The van der Waals surface area contributed by atoms with Gasteiger partial charge in [0.2, 0.25) is 5.75 Å². The Kier molecular flexibility index (Phi) is 5.25. The van der Waals surface area contributed by atoms with Crippen molar-refractivity contribution in [3.8, 4) is 5.75 Å². The summed E-state index contributed by atoms with van der Waals surface area (Å²) >= 11 is 0. The van der Waals surface area contributed by atoms with E-state index in [0.717, 1.165) is 11.6 Å². The van der Waals surface area contributed by atoms with Gasteiger partial charge in [-0.2, -0.15) is 0 Å². The van der Waals surface area contributed by atoms with Gasteiger partial charge in [-0.1, -0.05) is 36.4 Å². The molecule has 0 spiro atoms. The van der Waals surface area contributed by atoms with E-state index in [-0.39, 0.29) is 24.4 Å². The number of aromatic amines is 1. The Labute approximate surface area is 152 Å². The van der Waals surface area contributed by atoms with Crippen LogP contribution in [0.25, 0.3) is 0 Å². The molecule has 0 atom stereocenters. The lowest BCUT2D eigenvalue weighted by Gasteiger charge is -2.09. The number of amides is 1. The van der Waals surface area contributed by atoms with Crippen LogP contribution in [-0.2, 0) is 13.0 Å². The highest BCUT2D eigenvalue weighted by molar-refractivity contribution is 5.94. The van der Waals surface area contributed by atoms with Crippen molar-refractivity contribution in [1.82, 2.24) is 15.3 Å². The fourth-order valence-corrected chi connectivity index (χ4v) is 2.47. The molecule has 0 bridgehead atoms. The summed E-state index contributed by atoms with van der Waals surface area (Å²) in [5.74, 6) is -3.03. The SMILES string of the molecule is O=C(NCc1ccc(F)cc1F)c1nc(Cc2ccccc2)[nH]c(=O)c1O. The van der Waals surface area contributed by atoms with Gasteiger partial charge in [-0.25, -0.2) is 13.8 Å². The van der Waals surface area contributed by atoms with Crippen LogP contribution in [0.4, 0.5) is 8.78 Å². The molecule has 0 radical (unpaired) electrons. The van der Waals surface area contributed by atoms with Crippen molar-refractivity contribution in [2.45, 2.75) is 13.0 Å². The predicted octanol–water partition coefficient (Wildman–Crippen LogP) is 2.27. The van der Waals surface area contributed by atoms with E-state index in [4.69, 9.17) is 0 Å². The van der Waals surface area contributed by atoms with Crippen LogP contribution in [0.15, 0.2) is 53.3 Å². The second kappa shape index (κ2) is 7.77. The normalized spacial score (nSPS) is 10.6. The molecule has 0 aliphatic carbocycles. The quantitative estimate of drug-likeness (QED) is 0.641. The molecule has 1 amide bonds. The Morgan fingerprint density at radius 2 is 1.89 bits per heavy atom. The van der Waals surface area contributed by atoms with Crippen LogP contribution < -0.4 is 10.9 Å². The van der Waals surface area contributed by atoms with Crippen LogP contribution in [0.3, 0.4) is 0 Å². The molecule has 1 aromatic heterocycles.